The Morgan fingerprint density at radius 2 is 1.86 bits per heavy atom. The molecule has 0 aliphatic carbocycles. The van der Waals surface area contributed by atoms with E-state index in [1.807, 2.05) is 42.2 Å². The molecule has 0 N–H and O–H groups in total. The van der Waals surface area contributed by atoms with Gasteiger partial charge in [0.2, 0.25) is 5.91 Å². The van der Waals surface area contributed by atoms with Crippen molar-refractivity contribution < 1.29 is 4.79 Å². The maximum absolute atomic E-state index is 13.1. The van der Waals surface area contributed by atoms with E-state index in [-0.39, 0.29) is 30.1 Å². The van der Waals surface area contributed by atoms with Crippen LogP contribution in [0.2, 0.25) is 0 Å². The van der Waals surface area contributed by atoms with Gasteiger partial charge in [0.1, 0.15) is 11.4 Å². The normalized spacial score (nSPS) is 19.9. The van der Waals surface area contributed by atoms with Crippen molar-refractivity contribution in [1.82, 2.24) is 14.5 Å². The number of fused-ring (bicyclic) bond motifs is 1. The van der Waals surface area contributed by atoms with Gasteiger partial charge in [-0.15, -0.1) is 11.3 Å². The van der Waals surface area contributed by atoms with Gasteiger partial charge in [-0.3, -0.25) is 14.2 Å². The lowest BCUT2D eigenvalue weighted by atomic mass is 9.97. The van der Waals surface area contributed by atoms with Gasteiger partial charge in [0.25, 0.3) is 5.56 Å². The van der Waals surface area contributed by atoms with Crippen LogP contribution in [0.4, 0.5) is 0 Å². The third-order valence-corrected chi connectivity index (χ3v) is 6.99. The van der Waals surface area contributed by atoms with Crippen LogP contribution in [-0.4, -0.2) is 32.4 Å². The van der Waals surface area contributed by atoms with Crippen LogP contribution >= 0.6 is 11.3 Å². The average Bonchev–Trinajstić information content (AvgIpc) is 3.02. The number of benzene rings is 1. The van der Waals surface area contributed by atoms with Gasteiger partial charge in [0.15, 0.2) is 0 Å². The van der Waals surface area contributed by atoms with Crippen LogP contribution in [0.1, 0.15) is 38.7 Å². The van der Waals surface area contributed by atoms with Gasteiger partial charge in [-0.25, -0.2) is 4.98 Å². The van der Waals surface area contributed by atoms with Gasteiger partial charge in [-0.2, -0.15) is 0 Å². The van der Waals surface area contributed by atoms with Crippen molar-refractivity contribution in [3.8, 4) is 10.4 Å². The predicted octanol–water partition coefficient (Wildman–Crippen LogP) is 4.22. The number of rotatable bonds is 3. The number of amides is 1. The first kappa shape index (κ1) is 18.9. The number of hydrogen-bond donors (Lipinski definition) is 0. The fraction of sp³-hybridized carbons (Fsp3) is 0.409. The number of hydrogen-bond acceptors (Lipinski definition) is 4. The topological polar surface area (TPSA) is 55.2 Å². The van der Waals surface area contributed by atoms with Gasteiger partial charge in [0.05, 0.1) is 11.7 Å². The van der Waals surface area contributed by atoms with E-state index in [0.717, 1.165) is 40.1 Å². The first-order valence-corrected chi connectivity index (χ1v) is 10.6. The van der Waals surface area contributed by atoms with E-state index in [1.54, 1.807) is 0 Å². The van der Waals surface area contributed by atoms with Crippen LogP contribution in [0.25, 0.3) is 20.7 Å². The van der Waals surface area contributed by atoms with Gasteiger partial charge >= 0.3 is 0 Å². The molecule has 1 saturated heterocycles. The van der Waals surface area contributed by atoms with Crippen LogP contribution in [0.15, 0.2) is 41.5 Å². The highest BCUT2D eigenvalue weighted by Crippen LogP contribution is 2.35. The minimum atomic E-state index is -0.133. The molecule has 1 aliphatic rings. The van der Waals surface area contributed by atoms with Crippen LogP contribution in [-0.2, 0) is 11.3 Å². The molecule has 0 radical (unpaired) electrons. The second-order valence-electron chi connectivity index (χ2n) is 7.71. The van der Waals surface area contributed by atoms with Crippen LogP contribution in [0, 0.1) is 6.92 Å². The summed E-state index contributed by atoms with van der Waals surface area (Å²) in [5, 5.41) is 0.624. The third kappa shape index (κ3) is 3.26. The average molecular weight is 396 g/mol. The smallest absolute Gasteiger partial charge is 0.262 e. The highest BCUT2D eigenvalue weighted by atomic mass is 32.1. The van der Waals surface area contributed by atoms with Gasteiger partial charge < -0.3 is 4.90 Å². The van der Waals surface area contributed by atoms with E-state index in [2.05, 4.69) is 18.8 Å². The minimum absolute atomic E-state index is 0.000819. The lowest BCUT2D eigenvalue weighted by Gasteiger charge is -2.39. The molecule has 0 bridgehead atoms. The molecule has 2 unspecified atom stereocenters. The summed E-state index contributed by atoms with van der Waals surface area (Å²) < 4.78 is 1.47. The summed E-state index contributed by atoms with van der Waals surface area (Å²) in [6.45, 7) is 6.19. The molecule has 2 aromatic heterocycles. The minimum Gasteiger partial charge on any atom is -0.336 e. The Morgan fingerprint density at radius 3 is 2.54 bits per heavy atom. The largest absolute Gasteiger partial charge is 0.336 e. The molecule has 6 heteroatoms. The molecule has 5 nitrogen and oxygen atoms in total. The zero-order valence-electron chi connectivity index (χ0n) is 16.5. The standard InChI is InChI=1S/C22H25N3O2S/c1-14-8-7-9-15(2)25(14)18(26)12-24-13-23-21-19(22(24)27)16(3)20(28-21)17-10-5-4-6-11-17/h4-6,10-11,13-15H,7-9,12H2,1-3H3. The van der Waals surface area contributed by atoms with Crippen molar-refractivity contribution in [3.05, 3.63) is 52.6 Å². The van der Waals surface area contributed by atoms with Crippen LogP contribution in [0.5, 0.6) is 0 Å². The van der Waals surface area contributed by atoms with E-state index in [0.29, 0.717) is 5.39 Å². The Balaban J connectivity index is 1.69. The molecule has 3 aromatic rings. The fourth-order valence-corrected chi connectivity index (χ4v) is 5.42. The lowest BCUT2D eigenvalue weighted by Crippen LogP contribution is -2.49. The Hall–Kier alpha value is -2.47. The molecule has 28 heavy (non-hydrogen) atoms. The first-order valence-electron chi connectivity index (χ1n) is 9.82. The number of piperidine rings is 1. The zero-order chi connectivity index (χ0) is 19.8. The highest BCUT2D eigenvalue weighted by Gasteiger charge is 2.29. The molecule has 0 spiro atoms. The predicted molar refractivity (Wildman–Crippen MR) is 114 cm³/mol. The molecule has 1 fully saturated rings. The zero-order valence-corrected chi connectivity index (χ0v) is 17.3. The summed E-state index contributed by atoms with van der Waals surface area (Å²) in [7, 11) is 0. The van der Waals surface area contributed by atoms with E-state index in [9.17, 15) is 9.59 Å². The summed E-state index contributed by atoms with van der Waals surface area (Å²) in [5.41, 5.74) is 1.89. The van der Waals surface area contributed by atoms with Crippen molar-refractivity contribution >= 4 is 27.5 Å². The van der Waals surface area contributed by atoms with Crippen molar-refractivity contribution in [1.29, 1.82) is 0 Å². The van der Waals surface area contributed by atoms with Crippen LogP contribution in [0.3, 0.4) is 0 Å². The van der Waals surface area contributed by atoms with E-state index in [1.165, 1.54) is 22.2 Å². The second-order valence-corrected chi connectivity index (χ2v) is 8.71. The van der Waals surface area contributed by atoms with Gasteiger partial charge in [-0.05, 0) is 51.2 Å². The number of nitrogens with zero attached hydrogens (tertiary/aromatic N) is 3. The second kappa shape index (κ2) is 7.51. The van der Waals surface area contributed by atoms with Crippen molar-refractivity contribution in [2.45, 2.75) is 58.7 Å². The number of aryl methyl sites for hydroxylation is 1. The van der Waals surface area contributed by atoms with E-state index in [4.69, 9.17) is 0 Å². The monoisotopic (exact) mass is 395 g/mol. The molecule has 1 aliphatic heterocycles. The molecule has 146 valence electrons. The number of aromatic nitrogens is 2. The molecule has 0 saturated carbocycles. The van der Waals surface area contributed by atoms with Crippen molar-refractivity contribution in [3.63, 3.8) is 0 Å². The molecule has 1 aromatic carbocycles. The van der Waals surface area contributed by atoms with Crippen LogP contribution < -0.4 is 5.56 Å². The fourth-order valence-electron chi connectivity index (χ4n) is 4.28. The maximum Gasteiger partial charge on any atom is 0.262 e. The summed E-state index contributed by atoms with van der Waals surface area (Å²) in [5.74, 6) is -0.000819. The highest BCUT2D eigenvalue weighted by molar-refractivity contribution is 7.22. The Morgan fingerprint density at radius 1 is 1.18 bits per heavy atom. The molecule has 3 heterocycles. The number of likely N-dealkylation sites (tertiary alicyclic amines) is 1. The van der Waals surface area contributed by atoms with Crippen molar-refractivity contribution in [2.24, 2.45) is 0 Å². The first-order chi connectivity index (χ1) is 13.5. The summed E-state index contributed by atoms with van der Waals surface area (Å²) in [6.07, 6.45) is 4.71. The molecule has 4 rings (SSSR count). The molecule has 2 atom stereocenters. The number of thiophene rings is 1. The van der Waals surface area contributed by atoms with Gasteiger partial charge in [0, 0.05) is 17.0 Å². The summed E-state index contributed by atoms with van der Waals surface area (Å²) in [6, 6.07) is 10.5. The Bertz CT molecular complexity index is 1060. The molecular formula is C22H25N3O2S. The lowest BCUT2D eigenvalue weighted by molar-refractivity contribution is -0.138. The SMILES string of the molecule is Cc1c(-c2ccccc2)sc2ncn(CC(=O)N3C(C)CCCC3C)c(=O)c12. The quantitative estimate of drug-likeness (QED) is 0.667. The van der Waals surface area contributed by atoms with Gasteiger partial charge in [-0.1, -0.05) is 30.3 Å². The number of carbonyl (C=O) groups excluding carboxylic acids is 1. The Labute approximate surface area is 168 Å². The summed E-state index contributed by atoms with van der Waals surface area (Å²) in [4.78, 5) is 34.3. The summed E-state index contributed by atoms with van der Waals surface area (Å²) >= 11 is 1.53. The van der Waals surface area contributed by atoms with E-state index < -0.39 is 0 Å². The third-order valence-electron chi connectivity index (χ3n) is 5.74. The Kier molecular flexibility index (Phi) is 5.06. The molecular weight excluding hydrogens is 370 g/mol. The maximum atomic E-state index is 13.1. The van der Waals surface area contributed by atoms with E-state index >= 15 is 0 Å². The molecule has 1 amide bonds. The van der Waals surface area contributed by atoms with Crippen molar-refractivity contribution in [2.75, 3.05) is 0 Å². The number of carbonyl (C=O) groups is 1.